The molecule has 1 spiro atoms. The number of aromatic hydroxyl groups is 2. The number of thioether (sulfide) groups is 1. The zero-order valence-corrected chi connectivity index (χ0v) is 34.3. The van der Waals surface area contributed by atoms with Crippen LogP contribution < -0.4 is 34.3 Å². The molecule has 7 aliphatic rings. The van der Waals surface area contributed by atoms with E-state index in [-0.39, 0.29) is 42.2 Å². The average molecular weight is 836 g/mol. The zero-order valence-electron chi connectivity index (χ0n) is 33.4. The van der Waals surface area contributed by atoms with E-state index in [4.69, 9.17) is 28.4 Å². The van der Waals surface area contributed by atoms with E-state index in [2.05, 4.69) is 10.6 Å². The van der Waals surface area contributed by atoms with Crippen LogP contribution in [0.25, 0.3) is 6.08 Å². The molecule has 2 unspecified atom stereocenters. The summed E-state index contributed by atoms with van der Waals surface area (Å²) in [6.07, 6.45) is 2.94. The molecule has 4 bridgehead atoms. The number of nitrogens with one attached hydrogen (secondary N) is 2. The van der Waals surface area contributed by atoms with Crippen molar-refractivity contribution in [3.8, 4) is 40.2 Å². The number of methoxy groups -OCH3 is 2. The number of esters is 2. The predicted molar refractivity (Wildman–Crippen MR) is 220 cm³/mol. The Morgan fingerprint density at radius 2 is 1.78 bits per heavy atom. The maximum atomic E-state index is 14.8. The smallest absolute Gasteiger partial charge is 0.336 e. The summed E-state index contributed by atoms with van der Waals surface area (Å²) in [7, 11) is 2.99. The predicted octanol–water partition coefficient (Wildman–Crippen LogP) is 4.76. The number of carbonyl (C=O) groups is 2. The normalized spacial score (nSPS) is 27.4. The Balaban J connectivity index is 1.20. The fraction of sp³-hybridized carbons (Fsp3) is 0.378. The van der Waals surface area contributed by atoms with Crippen LogP contribution in [0, 0.1) is 13.8 Å². The van der Waals surface area contributed by atoms with Crippen LogP contribution in [0.3, 0.4) is 0 Å². The summed E-state index contributed by atoms with van der Waals surface area (Å²) in [5.74, 6) is 0.640. The van der Waals surface area contributed by atoms with Crippen LogP contribution in [0.2, 0.25) is 0 Å². The Labute approximate surface area is 350 Å². The molecule has 2 fully saturated rings. The monoisotopic (exact) mass is 835 g/mol. The molecule has 312 valence electrons. The van der Waals surface area contributed by atoms with Crippen LogP contribution in [0.4, 0.5) is 0 Å². The number of hydrogen-bond acceptors (Lipinski definition) is 15. The maximum absolute atomic E-state index is 14.8. The molecule has 0 radical (unpaired) electrons. The van der Waals surface area contributed by atoms with Crippen molar-refractivity contribution in [1.29, 1.82) is 0 Å². The van der Waals surface area contributed by atoms with Gasteiger partial charge >= 0.3 is 11.9 Å². The van der Waals surface area contributed by atoms with E-state index in [9.17, 15) is 24.9 Å². The number of rotatable bonds is 5. The lowest BCUT2D eigenvalue weighted by Gasteiger charge is -2.59. The maximum Gasteiger partial charge on any atom is 0.336 e. The number of aliphatic hydroxyl groups excluding tert-OH is 1. The van der Waals surface area contributed by atoms with Gasteiger partial charge in [-0.1, -0.05) is 36.4 Å². The highest BCUT2D eigenvalue weighted by atomic mass is 32.2. The van der Waals surface area contributed by atoms with E-state index in [1.54, 1.807) is 18.2 Å². The first-order valence-electron chi connectivity index (χ1n) is 20.0. The minimum Gasteiger partial charge on any atom is -0.504 e. The van der Waals surface area contributed by atoms with E-state index in [1.165, 1.54) is 32.1 Å². The molecule has 0 amide bonds. The highest BCUT2D eigenvalue weighted by Gasteiger charge is 2.60. The molecule has 15 heteroatoms. The summed E-state index contributed by atoms with van der Waals surface area (Å²) in [5, 5.41) is 41.9. The van der Waals surface area contributed by atoms with Gasteiger partial charge in [-0.2, -0.15) is 0 Å². The summed E-state index contributed by atoms with van der Waals surface area (Å²) >= 11 is 1.44. The number of piperazine rings is 1. The second-order valence-electron chi connectivity index (χ2n) is 16.1. The molecule has 4 aromatic carbocycles. The quantitative estimate of drug-likeness (QED) is 0.106. The van der Waals surface area contributed by atoms with E-state index >= 15 is 0 Å². The summed E-state index contributed by atoms with van der Waals surface area (Å²) in [4.78, 5) is 30.7. The van der Waals surface area contributed by atoms with Crippen LogP contribution in [0.1, 0.15) is 67.4 Å². The number of phenols is 2. The summed E-state index contributed by atoms with van der Waals surface area (Å²) in [6.45, 7) is 3.82. The van der Waals surface area contributed by atoms with Gasteiger partial charge in [-0.3, -0.25) is 10.2 Å². The standard InChI is InChI=1S/C45H45N3O11S/c1-21-14-25-15-27-43(52)48-28-18-56-44(53)45(26-17-30(54-3)29(49)16-24(26)12-13-46-45)19-60-42(36(48)35(47-27)32(25)37(51)38(21)55-4)34-33(28)41-40(57-20-58-41)22(2)39(34)59-31(50)11-10-23-8-6-5-7-9-23/h5-11,14,16-17,27-28,35-36,42-43,46-47,49,51-52H,12-13,15,18-20H2,1-4H3/t27?,28-,35+,36?,42+,43-,45+/m0/s1. The fourth-order valence-electron chi connectivity index (χ4n) is 10.3. The molecule has 11 rings (SSSR count). The van der Waals surface area contributed by atoms with Crippen LogP contribution in [-0.2, 0) is 32.7 Å². The SMILES string of the molecule is COc1cc2c(cc1O)CCN[C@]21CS[C@@H]2c3c(OC(=O)C=Cc4ccccc4)c(C)c4c(c3[C@H](COC1=O)N1C2[C@@H]2NC(Cc3cc(C)c(OC)c(O)c32)[C@@H]1O)OCO4. The summed E-state index contributed by atoms with van der Waals surface area (Å²) in [5.41, 5.74) is 4.91. The Bertz CT molecular complexity index is 2480. The van der Waals surface area contributed by atoms with Crippen molar-refractivity contribution in [3.63, 3.8) is 0 Å². The first-order chi connectivity index (χ1) is 29.0. The van der Waals surface area contributed by atoms with Gasteiger partial charge < -0.3 is 49.1 Å². The Hall–Kier alpha value is -5.45. The van der Waals surface area contributed by atoms with Gasteiger partial charge in [0.25, 0.3) is 0 Å². The number of hydrogen-bond donors (Lipinski definition) is 5. The van der Waals surface area contributed by atoms with E-state index in [0.717, 1.165) is 22.3 Å². The van der Waals surface area contributed by atoms with Gasteiger partial charge in [0.2, 0.25) is 6.79 Å². The van der Waals surface area contributed by atoms with Crippen LogP contribution in [-0.4, -0.2) is 90.4 Å². The Morgan fingerprint density at radius 3 is 2.57 bits per heavy atom. The second-order valence-corrected chi connectivity index (χ2v) is 17.2. The number of nitrogens with zero attached hydrogens (tertiary/aromatic N) is 1. The topological polar surface area (TPSA) is 178 Å². The van der Waals surface area contributed by atoms with Crippen LogP contribution in [0.15, 0.2) is 54.6 Å². The molecule has 5 N–H and O–H groups in total. The minimum atomic E-state index is -1.39. The highest BCUT2D eigenvalue weighted by molar-refractivity contribution is 7.99. The molecule has 7 atom stereocenters. The Morgan fingerprint density at radius 1 is 0.983 bits per heavy atom. The molecule has 0 aliphatic carbocycles. The third-order valence-electron chi connectivity index (χ3n) is 12.9. The third-order valence-corrected chi connectivity index (χ3v) is 14.4. The molecule has 7 heterocycles. The highest BCUT2D eigenvalue weighted by Crippen LogP contribution is 2.63. The number of phenolic OH excluding ortho intramolecular Hbond substituents is 2. The second kappa shape index (κ2) is 14.6. The van der Waals surface area contributed by atoms with E-state index in [0.29, 0.717) is 64.5 Å². The van der Waals surface area contributed by atoms with Crippen molar-refractivity contribution in [2.24, 2.45) is 0 Å². The number of ether oxygens (including phenoxy) is 6. The molecule has 7 aliphatic heterocycles. The van der Waals surface area contributed by atoms with Gasteiger partial charge in [-0.15, -0.1) is 11.8 Å². The molecular formula is C45H45N3O11S. The molecule has 0 aromatic heterocycles. The van der Waals surface area contributed by atoms with Crippen molar-refractivity contribution in [3.05, 3.63) is 105 Å². The van der Waals surface area contributed by atoms with Crippen molar-refractivity contribution < 1.29 is 53.3 Å². The first kappa shape index (κ1) is 38.7. The zero-order chi connectivity index (χ0) is 41.6. The molecule has 0 saturated carbocycles. The number of aryl methyl sites for hydroxylation is 1. The van der Waals surface area contributed by atoms with Gasteiger partial charge in [-0.25, -0.2) is 9.59 Å². The van der Waals surface area contributed by atoms with Crippen molar-refractivity contribution in [2.45, 2.75) is 67.9 Å². The van der Waals surface area contributed by atoms with Gasteiger partial charge in [0.1, 0.15) is 18.6 Å². The van der Waals surface area contributed by atoms with Gasteiger partial charge in [-0.05, 0) is 72.7 Å². The lowest BCUT2D eigenvalue weighted by molar-refractivity contribution is -0.164. The van der Waals surface area contributed by atoms with E-state index in [1.807, 2.05) is 55.1 Å². The van der Waals surface area contributed by atoms with Crippen molar-refractivity contribution >= 4 is 29.8 Å². The molecule has 4 aromatic rings. The summed E-state index contributed by atoms with van der Waals surface area (Å²) < 4.78 is 36.5. The van der Waals surface area contributed by atoms with Crippen molar-refractivity contribution in [2.75, 3.05) is 39.9 Å². The lowest BCUT2D eigenvalue weighted by atomic mass is 9.74. The van der Waals surface area contributed by atoms with Gasteiger partial charge in [0, 0.05) is 46.7 Å². The number of aliphatic hydroxyl groups is 1. The van der Waals surface area contributed by atoms with Crippen molar-refractivity contribution in [1.82, 2.24) is 15.5 Å². The molecule has 14 nitrogen and oxygen atoms in total. The Kier molecular flexibility index (Phi) is 9.44. The van der Waals surface area contributed by atoms with Gasteiger partial charge in [0.15, 0.2) is 40.0 Å². The largest absolute Gasteiger partial charge is 0.504 e. The van der Waals surface area contributed by atoms with Gasteiger partial charge in [0.05, 0.1) is 37.6 Å². The molecular weight excluding hydrogens is 791 g/mol. The van der Waals surface area contributed by atoms with Crippen LogP contribution in [0.5, 0.6) is 40.2 Å². The van der Waals surface area contributed by atoms with Crippen LogP contribution >= 0.6 is 11.8 Å². The molecule has 60 heavy (non-hydrogen) atoms. The minimum absolute atomic E-state index is 0.00947. The average Bonchev–Trinajstić information content (AvgIpc) is 3.74. The fourth-order valence-corrected chi connectivity index (χ4v) is 12.0. The first-order valence-corrected chi connectivity index (χ1v) is 21.1. The summed E-state index contributed by atoms with van der Waals surface area (Å²) in [6, 6.07) is 12.3. The third kappa shape index (κ3) is 5.77. The van der Waals surface area contributed by atoms with E-state index < -0.39 is 53.1 Å². The molecule has 2 saturated heterocycles. The lowest BCUT2D eigenvalue weighted by Crippen LogP contribution is -2.69. The number of benzene rings is 4. The number of carbonyl (C=O) groups excluding carboxylic acids is 2. The number of fused-ring (bicyclic) bond motifs is 9.